The fourth-order valence-electron chi connectivity index (χ4n) is 3.38. The lowest BCUT2D eigenvalue weighted by Gasteiger charge is -2.29. The van der Waals surface area contributed by atoms with Gasteiger partial charge in [-0.3, -0.25) is 14.8 Å². The number of nitrogens with zero attached hydrogens (tertiary/aromatic N) is 3. The van der Waals surface area contributed by atoms with Crippen molar-refractivity contribution in [3.05, 3.63) is 11.3 Å². The average molecular weight is 406 g/mol. The smallest absolute Gasteiger partial charge is 0.249 e. The predicted octanol–water partition coefficient (Wildman–Crippen LogP) is 3.50. The zero-order chi connectivity index (χ0) is 22.0. The molecule has 0 radical (unpaired) electrons. The molecule has 0 aromatic rings. The van der Waals surface area contributed by atoms with E-state index in [0.717, 1.165) is 30.4 Å². The number of rotatable bonds is 9. The van der Waals surface area contributed by atoms with Gasteiger partial charge in [0.25, 0.3) is 0 Å². The van der Waals surface area contributed by atoms with Crippen molar-refractivity contribution in [1.29, 1.82) is 0 Å². The number of hydrogen-bond donors (Lipinski definition) is 2. The molecule has 0 unspecified atom stereocenters. The van der Waals surface area contributed by atoms with Gasteiger partial charge in [0.15, 0.2) is 0 Å². The van der Waals surface area contributed by atoms with Crippen molar-refractivity contribution < 1.29 is 4.79 Å². The highest BCUT2D eigenvalue weighted by molar-refractivity contribution is 6.10. The highest BCUT2D eigenvalue weighted by Gasteiger charge is 2.25. The fraction of sp³-hybridized carbons (Fsp3) is 0.783. The van der Waals surface area contributed by atoms with Crippen LogP contribution in [0.4, 0.5) is 0 Å². The Hall–Kier alpha value is -1.69. The molecule has 0 aliphatic carbocycles. The molecule has 6 nitrogen and oxygen atoms in total. The van der Waals surface area contributed by atoms with Crippen molar-refractivity contribution in [2.45, 2.75) is 61.3 Å². The van der Waals surface area contributed by atoms with Gasteiger partial charge >= 0.3 is 0 Å². The number of hydrogen-bond acceptors (Lipinski definition) is 4. The van der Waals surface area contributed by atoms with Gasteiger partial charge in [-0.15, -0.1) is 0 Å². The first-order chi connectivity index (χ1) is 13.6. The molecule has 0 aromatic carbocycles. The number of likely N-dealkylation sites (tertiary alicyclic amines) is 1. The largest absolute Gasteiger partial charge is 0.352 e. The first-order valence-corrected chi connectivity index (χ1v) is 11.0. The molecule has 1 aliphatic heterocycles. The van der Waals surface area contributed by atoms with Gasteiger partial charge in [-0.05, 0) is 44.7 Å². The van der Waals surface area contributed by atoms with Crippen LogP contribution in [0, 0.1) is 17.3 Å². The predicted molar refractivity (Wildman–Crippen MR) is 125 cm³/mol. The summed E-state index contributed by atoms with van der Waals surface area (Å²) >= 11 is 0. The van der Waals surface area contributed by atoms with Gasteiger partial charge in [0.1, 0.15) is 0 Å². The van der Waals surface area contributed by atoms with Crippen LogP contribution in [0.2, 0.25) is 0 Å². The monoisotopic (exact) mass is 405 g/mol. The number of carbonyl (C=O) groups excluding carboxylic acids is 1. The van der Waals surface area contributed by atoms with E-state index in [1.54, 1.807) is 13.4 Å². The maximum atomic E-state index is 12.6. The van der Waals surface area contributed by atoms with Gasteiger partial charge in [-0.2, -0.15) is 0 Å². The molecule has 0 bridgehead atoms. The highest BCUT2D eigenvalue weighted by Crippen LogP contribution is 2.22. The molecule has 1 amide bonds. The van der Waals surface area contributed by atoms with Gasteiger partial charge in [-0.1, -0.05) is 41.5 Å². The first-order valence-electron chi connectivity index (χ1n) is 11.0. The SMILES string of the molecule is CN=C(/C(NC=NCCN1CCC(C)CC1)=C(\C)C(=O)NCC(C)C)C(C)(C)C. The molecular weight excluding hydrogens is 362 g/mol. The molecule has 1 rings (SSSR count). The summed E-state index contributed by atoms with van der Waals surface area (Å²) in [6, 6.07) is 0. The Morgan fingerprint density at radius 3 is 2.38 bits per heavy atom. The summed E-state index contributed by atoms with van der Waals surface area (Å²) in [6.45, 7) is 19.4. The molecule has 0 aromatic heterocycles. The Morgan fingerprint density at radius 1 is 1.24 bits per heavy atom. The molecular formula is C23H43N5O. The molecule has 0 saturated carbocycles. The van der Waals surface area contributed by atoms with Crippen LogP contribution in [-0.4, -0.2) is 62.6 Å². The number of piperidine rings is 1. The Bertz CT molecular complexity index is 605. The lowest BCUT2D eigenvalue weighted by atomic mass is 9.86. The van der Waals surface area contributed by atoms with Gasteiger partial charge in [0.05, 0.1) is 24.3 Å². The molecule has 166 valence electrons. The van der Waals surface area contributed by atoms with Crippen LogP contribution in [0.25, 0.3) is 0 Å². The number of nitrogens with one attached hydrogen (secondary N) is 2. The summed E-state index contributed by atoms with van der Waals surface area (Å²) in [7, 11) is 1.77. The molecule has 0 atom stereocenters. The average Bonchev–Trinajstić information content (AvgIpc) is 2.64. The fourth-order valence-corrected chi connectivity index (χ4v) is 3.38. The number of amides is 1. The minimum absolute atomic E-state index is 0.0672. The van der Waals surface area contributed by atoms with E-state index in [0.29, 0.717) is 18.0 Å². The Balaban J connectivity index is 2.81. The minimum Gasteiger partial charge on any atom is -0.352 e. The molecule has 1 heterocycles. The standard InChI is InChI=1S/C23H43N5O/c1-17(2)15-26-22(29)19(4)20(21(24-8)23(5,6)7)27-16-25-11-14-28-12-9-18(3)10-13-28/h16-18H,9-15H2,1-8H3,(H,25,27)(H,26,29)/b20-19-,24-21?. The Kier molecular flexibility index (Phi) is 10.6. The van der Waals surface area contributed by atoms with E-state index in [4.69, 9.17) is 0 Å². The second-order valence-corrected chi connectivity index (χ2v) is 9.63. The third-order valence-corrected chi connectivity index (χ3v) is 5.28. The van der Waals surface area contributed by atoms with Crippen LogP contribution in [0.15, 0.2) is 21.3 Å². The summed E-state index contributed by atoms with van der Waals surface area (Å²) in [6.07, 6.45) is 4.28. The minimum atomic E-state index is -0.186. The zero-order valence-corrected chi connectivity index (χ0v) is 19.9. The van der Waals surface area contributed by atoms with Crippen LogP contribution in [0.5, 0.6) is 0 Å². The van der Waals surface area contributed by atoms with Gasteiger partial charge in [0, 0.05) is 31.1 Å². The van der Waals surface area contributed by atoms with E-state index in [1.165, 1.54) is 25.9 Å². The van der Waals surface area contributed by atoms with Gasteiger partial charge in [-0.25, -0.2) is 0 Å². The summed E-state index contributed by atoms with van der Waals surface area (Å²) in [5.74, 6) is 1.19. The van der Waals surface area contributed by atoms with Gasteiger partial charge in [0.2, 0.25) is 5.91 Å². The van der Waals surface area contributed by atoms with Gasteiger partial charge < -0.3 is 15.5 Å². The maximum absolute atomic E-state index is 12.6. The quantitative estimate of drug-likeness (QED) is 0.350. The van der Waals surface area contributed by atoms with Crippen molar-refractivity contribution in [2.75, 3.05) is 39.8 Å². The maximum Gasteiger partial charge on any atom is 0.249 e. The lowest BCUT2D eigenvalue weighted by molar-refractivity contribution is -0.117. The van der Waals surface area contributed by atoms with E-state index in [-0.39, 0.29) is 11.3 Å². The summed E-state index contributed by atoms with van der Waals surface area (Å²) < 4.78 is 0. The lowest BCUT2D eigenvalue weighted by Crippen LogP contribution is -2.36. The topological polar surface area (TPSA) is 69.1 Å². The van der Waals surface area contributed by atoms with Crippen LogP contribution in [0.1, 0.15) is 61.3 Å². The van der Waals surface area contributed by atoms with Crippen LogP contribution >= 0.6 is 0 Å². The van der Waals surface area contributed by atoms with E-state index in [1.807, 2.05) is 6.92 Å². The zero-order valence-electron chi connectivity index (χ0n) is 19.9. The van der Waals surface area contributed by atoms with Crippen molar-refractivity contribution in [3.8, 4) is 0 Å². The van der Waals surface area contributed by atoms with E-state index < -0.39 is 0 Å². The molecule has 2 N–H and O–H groups in total. The van der Waals surface area contributed by atoms with Crippen molar-refractivity contribution in [1.82, 2.24) is 15.5 Å². The summed E-state index contributed by atoms with van der Waals surface area (Å²) in [5.41, 5.74) is 2.07. The van der Waals surface area contributed by atoms with E-state index >= 15 is 0 Å². The van der Waals surface area contributed by atoms with Crippen molar-refractivity contribution in [3.63, 3.8) is 0 Å². The molecule has 29 heavy (non-hydrogen) atoms. The molecule has 1 fully saturated rings. The first kappa shape index (κ1) is 25.3. The third kappa shape index (κ3) is 9.11. The summed E-state index contributed by atoms with van der Waals surface area (Å²) in [4.78, 5) is 24.1. The molecule has 0 spiro atoms. The summed E-state index contributed by atoms with van der Waals surface area (Å²) in [5, 5.41) is 6.27. The van der Waals surface area contributed by atoms with E-state index in [9.17, 15) is 4.79 Å². The third-order valence-electron chi connectivity index (χ3n) is 5.28. The highest BCUT2D eigenvalue weighted by atomic mass is 16.1. The Labute approximate surface area is 178 Å². The molecule has 6 heteroatoms. The second-order valence-electron chi connectivity index (χ2n) is 9.63. The van der Waals surface area contributed by atoms with E-state index in [2.05, 4.69) is 67.1 Å². The van der Waals surface area contributed by atoms with Crippen LogP contribution in [0.3, 0.4) is 0 Å². The van der Waals surface area contributed by atoms with Crippen LogP contribution in [-0.2, 0) is 4.79 Å². The number of aliphatic imine (C=N–C) groups is 2. The Morgan fingerprint density at radius 2 is 1.86 bits per heavy atom. The van der Waals surface area contributed by atoms with Crippen molar-refractivity contribution >= 4 is 18.0 Å². The number of carbonyl (C=O) groups is 1. The second kappa shape index (κ2) is 12.1. The normalized spacial score (nSPS) is 18.3. The van der Waals surface area contributed by atoms with Crippen LogP contribution < -0.4 is 10.6 Å². The molecule has 1 saturated heterocycles. The number of allylic oxidation sites excluding steroid dienone is 1. The molecule has 1 aliphatic rings. The van der Waals surface area contributed by atoms with Crippen molar-refractivity contribution in [2.24, 2.45) is 27.2 Å².